The van der Waals surface area contributed by atoms with Crippen molar-refractivity contribution >= 4 is 11.9 Å². The molecule has 1 unspecified atom stereocenters. The molecular formula is C12H17NO3. The van der Waals surface area contributed by atoms with Crippen LogP contribution in [-0.4, -0.2) is 17.0 Å². The monoisotopic (exact) mass is 223 g/mol. The van der Waals surface area contributed by atoms with E-state index < -0.39 is 5.97 Å². The molecule has 1 amide bonds. The van der Waals surface area contributed by atoms with Gasteiger partial charge in [0.25, 0.3) is 0 Å². The van der Waals surface area contributed by atoms with Crippen LogP contribution in [0.15, 0.2) is 11.3 Å². The van der Waals surface area contributed by atoms with Crippen LogP contribution in [0.5, 0.6) is 0 Å². The van der Waals surface area contributed by atoms with Gasteiger partial charge >= 0.3 is 5.97 Å². The number of hydrogen-bond acceptors (Lipinski definition) is 2. The number of carboxylic acids is 1. The van der Waals surface area contributed by atoms with Gasteiger partial charge in [0.2, 0.25) is 5.91 Å². The van der Waals surface area contributed by atoms with Crippen LogP contribution in [0, 0.1) is 5.92 Å². The lowest BCUT2D eigenvalue weighted by molar-refractivity contribution is -0.137. The van der Waals surface area contributed by atoms with Crippen molar-refractivity contribution < 1.29 is 14.7 Å². The van der Waals surface area contributed by atoms with E-state index in [1.807, 2.05) is 0 Å². The SMILES string of the molecule is O=C(O)CCC1CCCC2=C1NC(=O)CC2. The van der Waals surface area contributed by atoms with Gasteiger partial charge in [-0.15, -0.1) is 0 Å². The molecule has 0 aromatic heterocycles. The number of aliphatic carboxylic acids is 1. The van der Waals surface area contributed by atoms with Crippen LogP contribution in [0.25, 0.3) is 0 Å². The molecule has 2 rings (SSSR count). The Morgan fingerprint density at radius 1 is 1.38 bits per heavy atom. The first-order valence-electron chi connectivity index (χ1n) is 5.90. The Morgan fingerprint density at radius 3 is 2.94 bits per heavy atom. The smallest absolute Gasteiger partial charge is 0.303 e. The summed E-state index contributed by atoms with van der Waals surface area (Å²) < 4.78 is 0. The summed E-state index contributed by atoms with van der Waals surface area (Å²) in [6.45, 7) is 0. The van der Waals surface area contributed by atoms with Crippen molar-refractivity contribution in [2.45, 2.75) is 44.9 Å². The molecule has 1 heterocycles. The molecule has 4 heteroatoms. The molecule has 4 nitrogen and oxygen atoms in total. The minimum absolute atomic E-state index is 0.0842. The summed E-state index contributed by atoms with van der Waals surface area (Å²) in [7, 11) is 0. The van der Waals surface area contributed by atoms with Crippen LogP contribution in [-0.2, 0) is 9.59 Å². The quantitative estimate of drug-likeness (QED) is 0.766. The van der Waals surface area contributed by atoms with Crippen LogP contribution in [0.4, 0.5) is 0 Å². The van der Waals surface area contributed by atoms with Gasteiger partial charge in [0, 0.05) is 18.5 Å². The molecule has 1 aliphatic heterocycles. The maximum absolute atomic E-state index is 11.3. The molecule has 16 heavy (non-hydrogen) atoms. The Labute approximate surface area is 94.7 Å². The average molecular weight is 223 g/mol. The van der Waals surface area contributed by atoms with E-state index >= 15 is 0 Å². The standard InChI is InChI=1S/C12H17NO3/c14-10-6-4-8-2-1-3-9(12(8)13-10)5-7-11(15)16/h9H,1-7H2,(H,13,14)(H,15,16). The summed E-state index contributed by atoms with van der Waals surface area (Å²) in [4.78, 5) is 21.9. The fourth-order valence-electron chi connectivity index (χ4n) is 2.64. The number of nitrogens with one attached hydrogen (secondary N) is 1. The number of carbonyl (C=O) groups is 2. The van der Waals surface area contributed by atoms with E-state index in [1.165, 1.54) is 5.57 Å². The maximum atomic E-state index is 11.3. The number of carboxylic acid groups (broad SMARTS) is 1. The number of allylic oxidation sites excluding steroid dienone is 2. The molecule has 0 bridgehead atoms. The minimum Gasteiger partial charge on any atom is -0.481 e. The van der Waals surface area contributed by atoms with Gasteiger partial charge in [0.1, 0.15) is 0 Å². The summed E-state index contributed by atoms with van der Waals surface area (Å²) in [5.74, 6) is -0.417. The van der Waals surface area contributed by atoms with Gasteiger partial charge in [-0.3, -0.25) is 9.59 Å². The molecule has 0 aromatic rings. The zero-order valence-electron chi connectivity index (χ0n) is 9.29. The lowest BCUT2D eigenvalue weighted by Crippen LogP contribution is -2.34. The Balaban J connectivity index is 2.07. The van der Waals surface area contributed by atoms with E-state index in [9.17, 15) is 9.59 Å². The second kappa shape index (κ2) is 4.68. The molecular weight excluding hydrogens is 206 g/mol. The predicted molar refractivity (Wildman–Crippen MR) is 58.6 cm³/mol. The van der Waals surface area contributed by atoms with E-state index in [2.05, 4.69) is 5.32 Å². The topological polar surface area (TPSA) is 66.4 Å². The lowest BCUT2D eigenvalue weighted by atomic mass is 9.81. The van der Waals surface area contributed by atoms with Crippen molar-refractivity contribution in [3.63, 3.8) is 0 Å². The van der Waals surface area contributed by atoms with Crippen molar-refractivity contribution in [2.24, 2.45) is 5.92 Å². The molecule has 2 N–H and O–H groups in total. The molecule has 1 aliphatic carbocycles. The molecule has 0 fully saturated rings. The molecule has 1 atom stereocenters. The average Bonchev–Trinajstić information content (AvgIpc) is 2.26. The highest BCUT2D eigenvalue weighted by molar-refractivity contribution is 5.79. The van der Waals surface area contributed by atoms with Crippen LogP contribution >= 0.6 is 0 Å². The highest BCUT2D eigenvalue weighted by Gasteiger charge is 2.27. The fraction of sp³-hybridized carbons (Fsp3) is 0.667. The highest BCUT2D eigenvalue weighted by atomic mass is 16.4. The maximum Gasteiger partial charge on any atom is 0.303 e. The Bertz CT molecular complexity index is 346. The molecule has 0 spiro atoms. The van der Waals surface area contributed by atoms with Gasteiger partial charge in [-0.25, -0.2) is 0 Å². The molecule has 2 aliphatic rings. The number of rotatable bonds is 3. The first-order valence-corrected chi connectivity index (χ1v) is 5.90. The van der Waals surface area contributed by atoms with Crippen molar-refractivity contribution in [1.82, 2.24) is 5.32 Å². The molecule has 88 valence electrons. The van der Waals surface area contributed by atoms with Crippen molar-refractivity contribution in [2.75, 3.05) is 0 Å². The van der Waals surface area contributed by atoms with Crippen LogP contribution in [0.3, 0.4) is 0 Å². The summed E-state index contributed by atoms with van der Waals surface area (Å²) >= 11 is 0. The highest BCUT2D eigenvalue weighted by Crippen LogP contribution is 2.35. The normalized spacial score (nSPS) is 25.0. The van der Waals surface area contributed by atoms with Crippen LogP contribution in [0.2, 0.25) is 0 Å². The first-order chi connectivity index (χ1) is 7.66. The van der Waals surface area contributed by atoms with Crippen molar-refractivity contribution in [3.8, 4) is 0 Å². The van der Waals surface area contributed by atoms with Crippen LogP contribution in [0.1, 0.15) is 44.9 Å². The Hall–Kier alpha value is -1.32. The van der Waals surface area contributed by atoms with Crippen molar-refractivity contribution in [3.05, 3.63) is 11.3 Å². The largest absolute Gasteiger partial charge is 0.481 e. The van der Waals surface area contributed by atoms with E-state index in [-0.39, 0.29) is 18.2 Å². The van der Waals surface area contributed by atoms with E-state index in [0.29, 0.717) is 12.8 Å². The van der Waals surface area contributed by atoms with Gasteiger partial charge in [-0.05, 0) is 38.0 Å². The van der Waals surface area contributed by atoms with Crippen molar-refractivity contribution in [1.29, 1.82) is 0 Å². The van der Waals surface area contributed by atoms with Gasteiger partial charge < -0.3 is 10.4 Å². The minimum atomic E-state index is -0.755. The lowest BCUT2D eigenvalue weighted by Gasteiger charge is -2.31. The second-order valence-electron chi connectivity index (χ2n) is 4.59. The number of amides is 1. The third-order valence-corrected chi connectivity index (χ3v) is 3.45. The first kappa shape index (κ1) is 11.2. The fourth-order valence-corrected chi connectivity index (χ4v) is 2.64. The third-order valence-electron chi connectivity index (χ3n) is 3.45. The van der Waals surface area contributed by atoms with E-state index in [0.717, 1.165) is 31.4 Å². The zero-order chi connectivity index (χ0) is 11.5. The number of hydrogen-bond donors (Lipinski definition) is 2. The summed E-state index contributed by atoms with van der Waals surface area (Å²) in [6, 6.07) is 0. The number of carbonyl (C=O) groups excluding carboxylic acids is 1. The van der Waals surface area contributed by atoms with E-state index in [4.69, 9.17) is 5.11 Å². The van der Waals surface area contributed by atoms with Gasteiger partial charge in [-0.1, -0.05) is 5.57 Å². The zero-order valence-corrected chi connectivity index (χ0v) is 9.29. The molecule has 0 aromatic carbocycles. The van der Waals surface area contributed by atoms with Crippen LogP contribution < -0.4 is 5.32 Å². The molecule has 0 saturated heterocycles. The van der Waals surface area contributed by atoms with E-state index in [1.54, 1.807) is 0 Å². The van der Waals surface area contributed by atoms with Gasteiger partial charge in [0.15, 0.2) is 0 Å². The van der Waals surface area contributed by atoms with Gasteiger partial charge in [0.05, 0.1) is 0 Å². The van der Waals surface area contributed by atoms with Gasteiger partial charge in [-0.2, -0.15) is 0 Å². The second-order valence-corrected chi connectivity index (χ2v) is 4.59. The summed E-state index contributed by atoms with van der Waals surface area (Å²) in [5.41, 5.74) is 2.39. The Morgan fingerprint density at radius 2 is 2.19 bits per heavy atom. The summed E-state index contributed by atoms with van der Waals surface area (Å²) in [5, 5.41) is 11.6. The Kier molecular flexibility index (Phi) is 3.27. The summed E-state index contributed by atoms with van der Waals surface area (Å²) in [6.07, 6.45) is 5.49. The molecule has 0 radical (unpaired) electrons. The third kappa shape index (κ3) is 2.43. The predicted octanol–water partition coefficient (Wildman–Crippen LogP) is 1.82. The molecule has 0 saturated carbocycles.